The van der Waals surface area contributed by atoms with Gasteiger partial charge in [-0.1, -0.05) is 6.07 Å². The summed E-state index contributed by atoms with van der Waals surface area (Å²) in [4.78, 5) is 12.6. The van der Waals surface area contributed by atoms with Crippen LogP contribution in [0.5, 0.6) is 17.2 Å². The molecule has 28 heavy (non-hydrogen) atoms. The molecule has 150 valence electrons. The Hall–Kier alpha value is -2.73. The lowest BCUT2D eigenvalue weighted by Crippen LogP contribution is -2.14. The number of benzene rings is 2. The quantitative estimate of drug-likeness (QED) is 0.652. The average molecular weight is 385 g/mol. The summed E-state index contributed by atoms with van der Waals surface area (Å²) in [5.74, 6) is 1.74. The molecule has 0 heterocycles. The normalized spacial score (nSPS) is 13.9. The maximum absolute atomic E-state index is 12.6. The molecule has 0 aliphatic heterocycles. The minimum Gasteiger partial charge on any atom is -0.493 e. The van der Waals surface area contributed by atoms with E-state index in [1.165, 1.54) is 12.8 Å². The smallest absolute Gasteiger partial charge is 0.255 e. The van der Waals surface area contributed by atoms with Gasteiger partial charge in [0.1, 0.15) is 12.4 Å². The topological polar surface area (TPSA) is 66.0 Å². The number of rotatable bonds is 9. The SMILES string of the molecule is COCCOc1cccc(C(=O)Nc2ccc(OC)c(OC3CCCC3)c2)c1. The third-order valence-corrected chi connectivity index (χ3v) is 4.67. The minimum atomic E-state index is -0.214. The first-order chi connectivity index (χ1) is 13.7. The van der Waals surface area contributed by atoms with Crippen molar-refractivity contribution in [2.24, 2.45) is 0 Å². The molecule has 0 aromatic heterocycles. The molecule has 1 amide bonds. The van der Waals surface area contributed by atoms with Crippen LogP contribution in [-0.2, 0) is 4.74 Å². The fourth-order valence-electron chi connectivity index (χ4n) is 3.21. The predicted octanol–water partition coefficient (Wildman–Crippen LogP) is 4.29. The van der Waals surface area contributed by atoms with E-state index in [0.29, 0.717) is 41.7 Å². The summed E-state index contributed by atoms with van der Waals surface area (Å²) < 4.78 is 22.0. The Kier molecular flexibility index (Phi) is 7.14. The number of anilines is 1. The van der Waals surface area contributed by atoms with Crippen LogP contribution in [0.4, 0.5) is 5.69 Å². The van der Waals surface area contributed by atoms with Crippen molar-refractivity contribution in [2.75, 3.05) is 32.8 Å². The molecule has 0 bridgehead atoms. The van der Waals surface area contributed by atoms with E-state index >= 15 is 0 Å². The van der Waals surface area contributed by atoms with Gasteiger partial charge in [-0.05, 0) is 56.0 Å². The summed E-state index contributed by atoms with van der Waals surface area (Å²) in [5.41, 5.74) is 1.17. The predicted molar refractivity (Wildman–Crippen MR) is 108 cm³/mol. The van der Waals surface area contributed by atoms with E-state index in [4.69, 9.17) is 18.9 Å². The Balaban J connectivity index is 1.68. The van der Waals surface area contributed by atoms with Gasteiger partial charge in [-0.25, -0.2) is 0 Å². The van der Waals surface area contributed by atoms with Gasteiger partial charge in [-0.15, -0.1) is 0 Å². The molecule has 0 atom stereocenters. The van der Waals surface area contributed by atoms with Gasteiger partial charge < -0.3 is 24.3 Å². The molecule has 2 aromatic carbocycles. The third-order valence-electron chi connectivity index (χ3n) is 4.67. The van der Waals surface area contributed by atoms with Crippen LogP contribution in [0.25, 0.3) is 0 Å². The number of amides is 1. The first-order valence-electron chi connectivity index (χ1n) is 9.57. The number of hydrogen-bond acceptors (Lipinski definition) is 5. The average Bonchev–Trinajstić information content (AvgIpc) is 3.22. The summed E-state index contributed by atoms with van der Waals surface area (Å²) in [6.45, 7) is 0.925. The molecule has 0 radical (unpaired) electrons. The van der Waals surface area contributed by atoms with Crippen LogP contribution in [0.15, 0.2) is 42.5 Å². The highest BCUT2D eigenvalue weighted by atomic mass is 16.5. The summed E-state index contributed by atoms with van der Waals surface area (Å²) >= 11 is 0. The number of carbonyl (C=O) groups excluding carboxylic acids is 1. The van der Waals surface area contributed by atoms with Crippen LogP contribution < -0.4 is 19.5 Å². The van der Waals surface area contributed by atoms with Crippen LogP contribution in [0, 0.1) is 0 Å². The van der Waals surface area contributed by atoms with Crippen molar-refractivity contribution in [1.29, 1.82) is 0 Å². The zero-order chi connectivity index (χ0) is 19.8. The third kappa shape index (κ3) is 5.39. The van der Waals surface area contributed by atoms with Gasteiger partial charge in [0, 0.05) is 24.4 Å². The summed E-state index contributed by atoms with van der Waals surface area (Å²) in [5, 5.41) is 2.91. The lowest BCUT2D eigenvalue weighted by Gasteiger charge is -2.17. The summed E-state index contributed by atoms with van der Waals surface area (Å²) in [6.07, 6.45) is 4.68. The van der Waals surface area contributed by atoms with Crippen molar-refractivity contribution >= 4 is 11.6 Å². The molecule has 3 rings (SSSR count). The molecular weight excluding hydrogens is 358 g/mol. The molecule has 1 aliphatic carbocycles. The van der Waals surface area contributed by atoms with Gasteiger partial charge in [0.15, 0.2) is 11.5 Å². The zero-order valence-electron chi connectivity index (χ0n) is 16.4. The van der Waals surface area contributed by atoms with Crippen LogP contribution in [0.3, 0.4) is 0 Å². The monoisotopic (exact) mass is 385 g/mol. The second-order valence-electron chi connectivity index (χ2n) is 6.71. The largest absolute Gasteiger partial charge is 0.493 e. The number of carbonyl (C=O) groups is 1. The van der Waals surface area contributed by atoms with Crippen LogP contribution >= 0.6 is 0 Å². The van der Waals surface area contributed by atoms with Gasteiger partial charge in [-0.3, -0.25) is 4.79 Å². The Bertz CT molecular complexity index is 786. The lowest BCUT2D eigenvalue weighted by molar-refractivity contribution is 0.102. The van der Waals surface area contributed by atoms with Gasteiger partial charge in [0.05, 0.1) is 19.8 Å². The molecule has 2 aromatic rings. The van der Waals surface area contributed by atoms with E-state index in [-0.39, 0.29) is 12.0 Å². The second-order valence-corrected chi connectivity index (χ2v) is 6.71. The van der Waals surface area contributed by atoms with Gasteiger partial charge in [-0.2, -0.15) is 0 Å². The zero-order valence-corrected chi connectivity index (χ0v) is 16.4. The van der Waals surface area contributed by atoms with E-state index in [1.807, 2.05) is 18.2 Å². The van der Waals surface area contributed by atoms with E-state index < -0.39 is 0 Å². The van der Waals surface area contributed by atoms with Gasteiger partial charge in [0.25, 0.3) is 5.91 Å². The van der Waals surface area contributed by atoms with Gasteiger partial charge in [0.2, 0.25) is 0 Å². The van der Waals surface area contributed by atoms with Crippen LogP contribution in [0.1, 0.15) is 36.0 Å². The Labute approximate surface area is 165 Å². The molecule has 6 heteroatoms. The first-order valence-corrected chi connectivity index (χ1v) is 9.57. The fourth-order valence-corrected chi connectivity index (χ4v) is 3.21. The van der Waals surface area contributed by atoms with Crippen LogP contribution in [-0.4, -0.2) is 39.4 Å². The van der Waals surface area contributed by atoms with E-state index in [0.717, 1.165) is 12.8 Å². The number of nitrogens with one attached hydrogen (secondary N) is 1. The Morgan fingerprint density at radius 2 is 1.86 bits per heavy atom. The molecule has 0 unspecified atom stereocenters. The van der Waals surface area contributed by atoms with Crippen molar-refractivity contribution in [2.45, 2.75) is 31.8 Å². The molecule has 1 aliphatic rings. The molecule has 1 N–H and O–H groups in total. The molecule has 0 spiro atoms. The second kappa shape index (κ2) is 9.99. The fraction of sp³-hybridized carbons (Fsp3) is 0.409. The maximum Gasteiger partial charge on any atom is 0.255 e. The first kappa shape index (κ1) is 20.0. The molecule has 1 saturated carbocycles. The standard InChI is InChI=1S/C22H27NO5/c1-25-12-13-27-19-9-5-6-16(14-19)22(24)23-17-10-11-20(26-2)21(15-17)28-18-7-3-4-8-18/h5-6,9-11,14-15,18H,3-4,7-8,12-13H2,1-2H3,(H,23,24). The molecular formula is C22H27NO5. The Morgan fingerprint density at radius 3 is 2.61 bits per heavy atom. The summed E-state index contributed by atoms with van der Waals surface area (Å²) in [7, 11) is 3.23. The van der Waals surface area contributed by atoms with E-state index in [1.54, 1.807) is 38.5 Å². The highest BCUT2D eigenvalue weighted by Crippen LogP contribution is 2.34. The van der Waals surface area contributed by atoms with Crippen molar-refractivity contribution in [3.05, 3.63) is 48.0 Å². The van der Waals surface area contributed by atoms with Crippen molar-refractivity contribution in [3.63, 3.8) is 0 Å². The minimum absolute atomic E-state index is 0.209. The number of hydrogen-bond donors (Lipinski definition) is 1. The van der Waals surface area contributed by atoms with Gasteiger partial charge >= 0.3 is 0 Å². The molecule has 6 nitrogen and oxygen atoms in total. The Morgan fingerprint density at radius 1 is 1.04 bits per heavy atom. The van der Waals surface area contributed by atoms with Crippen LogP contribution in [0.2, 0.25) is 0 Å². The number of ether oxygens (including phenoxy) is 4. The molecule has 1 fully saturated rings. The van der Waals surface area contributed by atoms with E-state index in [2.05, 4.69) is 5.32 Å². The highest BCUT2D eigenvalue weighted by molar-refractivity contribution is 6.04. The van der Waals surface area contributed by atoms with Crippen molar-refractivity contribution in [3.8, 4) is 17.2 Å². The van der Waals surface area contributed by atoms with Crippen molar-refractivity contribution in [1.82, 2.24) is 0 Å². The van der Waals surface area contributed by atoms with Crippen molar-refractivity contribution < 1.29 is 23.7 Å². The number of methoxy groups -OCH3 is 2. The van der Waals surface area contributed by atoms with E-state index in [9.17, 15) is 4.79 Å². The lowest BCUT2D eigenvalue weighted by atomic mass is 10.2. The maximum atomic E-state index is 12.6. The molecule has 0 saturated heterocycles. The highest BCUT2D eigenvalue weighted by Gasteiger charge is 2.19. The summed E-state index contributed by atoms with van der Waals surface area (Å²) in [6, 6.07) is 12.5.